The summed E-state index contributed by atoms with van der Waals surface area (Å²) in [6.45, 7) is 4.28. The topological polar surface area (TPSA) is 84.3 Å². The van der Waals surface area contributed by atoms with E-state index in [1.54, 1.807) is 20.8 Å². The second-order valence-electron chi connectivity index (χ2n) is 4.64. The molecule has 0 saturated heterocycles. The van der Waals surface area contributed by atoms with E-state index in [2.05, 4.69) is 15.3 Å². The molecule has 100 valence electrons. The third kappa shape index (κ3) is 4.62. The lowest BCUT2D eigenvalue weighted by Gasteiger charge is -2.19. The lowest BCUT2D eigenvalue weighted by atomic mass is 10.2. The van der Waals surface area contributed by atoms with Crippen LogP contribution in [-0.4, -0.2) is 33.4 Å². The quantitative estimate of drug-likeness (QED) is 0.862. The standard InChI is InChI=1S/C11H16FN3O3/c1-11(2,3)18-10(17)15-9-13-5-7(6-14-9)8(16)4-12/h5-6,8,16H,4H2,1-3H3,(H,13,14,15,17). The number of ether oxygens (including phenoxy) is 1. The van der Waals surface area contributed by atoms with Crippen LogP contribution in [-0.2, 0) is 4.74 Å². The molecule has 1 rings (SSSR count). The molecule has 0 radical (unpaired) electrons. The molecule has 0 aliphatic heterocycles. The number of aliphatic hydroxyl groups excluding tert-OH is 1. The van der Waals surface area contributed by atoms with Crippen molar-refractivity contribution >= 4 is 12.0 Å². The number of hydrogen-bond donors (Lipinski definition) is 2. The highest BCUT2D eigenvalue weighted by Gasteiger charge is 2.17. The van der Waals surface area contributed by atoms with Gasteiger partial charge in [0.1, 0.15) is 18.4 Å². The summed E-state index contributed by atoms with van der Waals surface area (Å²) in [6, 6.07) is 0. The fourth-order valence-corrected chi connectivity index (χ4v) is 1.06. The number of rotatable bonds is 3. The van der Waals surface area contributed by atoms with Gasteiger partial charge in [-0.05, 0) is 20.8 Å². The molecule has 0 aromatic carbocycles. The Morgan fingerprint density at radius 1 is 1.50 bits per heavy atom. The van der Waals surface area contributed by atoms with Crippen LogP contribution in [0, 0.1) is 0 Å². The van der Waals surface area contributed by atoms with Crippen molar-refractivity contribution < 1.29 is 19.0 Å². The highest BCUT2D eigenvalue weighted by Crippen LogP contribution is 2.12. The third-order valence-electron chi connectivity index (χ3n) is 1.82. The Morgan fingerprint density at radius 3 is 2.50 bits per heavy atom. The number of alkyl halides is 1. The Labute approximate surface area is 104 Å². The van der Waals surface area contributed by atoms with Crippen molar-refractivity contribution in [1.29, 1.82) is 0 Å². The van der Waals surface area contributed by atoms with Crippen LogP contribution in [0.4, 0.5) is 15.1 Å². The highest BCUT2D eigenvalue weighted by molar-refractivity contribution is 5.82. The average Bonchev–Trinajstić information content (AvgIpc) is 2.26. The van der Waals surface area contributed by atoms with Gasteiger partial charge >= 0.3 is 6.09 Å². The van der Waals surface area contributed by atoms with Crippen LogP contribution in [0.1, 0.15) is 32.4 Å². The predicted octanol–water partition coefficient (Wildman–Crippen LogP) is 1.83. The molecular weight excluding hydrogens is 241 g/mol. The zero-order chi connectivity index (χ0) is 13.8. The molecule has 7 heteroatoms. The van der Waals surface area contributed by atoms with E-state index in [0.29, 0.717) is 0 Å². The van der Waals surface area contributed by atoms with Crippen LogP contribution in [0.3, 0.4) is 0 Å². The SMILES string of the molecule is CC(C)(C)OC(=O)Nc1ncc(C(O)CF)cn1. The van der Waals surface area contributed by atoms with Gasteiger partial charge in [-0.15, -0.1) is 0 Å². The van der Waals surface area contributed by atoms with E-state index in [1.807, 2.05) is 0 Å². The molecule has 0 spiro atoms. The Kier molecular flexibility index (Phi) is 4.55. The molecule has 1 heterocycles. The summed E-state index contributed by atoms with van der Waals surface area (Å²) in [4.78, 5) is 18.9. The zero-order valence-electron chi connectivity index (χ0n) is 10.5. The molecule has 0 saturated carbocycles. The van der Waals surface area contributed by atoms with Crippen molar-refractivity contribution in [3.8, 4) is 0 Å². The van der Waals surface area contributed by atoms with Gasteiger partial charge < -0.3 is 9.84 Å². The molecule has 0 fully saturated rings. The fourth-order valence-electron chi connectivity index (χ4n) is 1.06. The van der Waals surface area contributed by atoms with Gasteiger partial charge in [0.15, 0.2) is 0 Å². The van der Waals surface area contributed by atoms with Crippen molar-refractivity contribution in [3.63, 3.8) is 0 Å². The van der Waals surface area contributed by atoms with E-state index in [9.17, 15) is 14.3 Å². The smallest absolute Gasteiger partial charge is 0.414 e. The van der Waals surface area contributed by atoms with E-state index >= 15 is 0 Å². The fraction of sp³-hybridized carbons (Fsp3) is 0.545. The maximum absolute atomic E-state index is 12.2. The summed E-state index contributed by atoms with van der Waals surface area (Å²) in [5.41, 5.74) is -0.374. The Morgan fingerprint density at radius 2 is 2.06 bits per heavy atom. The Balaban J connectivity index is 2.61. The highest BCUT2D eigenvalue weighted by atomic mass is 19.1. The molecule has 0 bridgehead atoms. The maximum Gasteiger partial charge on any atom is 0.414 e. The van der Waals surface area contributed by atoms with Gasteiger partial charge in [0.2, 0.25) is 5.95 Å². The molecule has 1 aromatic heterocycles. The minimum Gasteiger partial charge on any atom is -0.444 e. The second kappa shape index (κ2) is 5.72. The molecule has 1 aromatic rings. The number of aromatic nitrogens is 2. The summed E-state index contributed by atoms with van der Waals surface area (Å²) in [5.74, 6) is 0.0269. The summed E-state index contributed by atoms with van der Waals surface area (Å²) >= 11 is 0. The molecule has 1 unspecified atom stereocenters. The number of anilines is 1. The largest absolute Gasteiger partial charge is 0.444 e. The lowest BCUT2D eigenvalue weighted by molar-refractivity contribution is 0.0634. The first-order chi connectivity index (χ1) is 8.31. The normalized spacial score (nSPS) is 12.9. The lowest BCUT2D eigenvalue weighted by Crippen LogP contribution is -2.27. The van der Waals surface area contributed by atoms with Crippen LogP contribution in [0.2, 0.25) is 0 Å². The Hall–Kier alpha value is -1.76. The number of nitrogens with zero attached hydrogens (tertiary/aromatic N) is 2. The molecule has 18 heavy (non-hydrogen) atoms. The summed E-state index contributed by atoms with van der Waals surface area (Å²) < 4.78 is 17.2. The molecule has 6 nitrogen and oxygen atoms in total. The molecule has 2 N–H and O–H groups in total. The van der Waals surface area contributed by atoms with Gasteiger partial charge in [-0.2, -0.15) is 0 Å². The number of hydrogen-bond acceptors (Lipinski definition) is 5. The monoisotopic (exact) mass is 257 g/mol. The van der Waals surface area contributed by atoms with Crippen molar-refractivity contribution in [2.24, 2.45) is 0 Å². The first-order valence-electron chi connectivity index (χ1n) is 5.38. The molecule has 0 aliphatic rings. The molecule has 1 amide bonds. The summed E-state index contributed by atoms with van der Waals surface area (Å²) in [7, 11) is 0. The van der Waals surface area contributed by atoms with E-state index in [0.717, 1.165) is 0 Å². The first kappa shape index (κ1) is 14.3. The minimum atomic E-state index is -1.25. The van der Waals surface area contributed by atoms with Gasteiger partial charge in [-0.25, -0.2) is 19.2 Å². The predicted molar refractivity (Wildman–Crippen MR) is 62.8 cm³/mol. The van der Waals surface area contributed by atoms with Crippen molar-refractivity contribution in [1.82, 2.24) is 9.97 Å². The van der Waals surface area contributed by atoms with Gasteiger partial charge in [0.05, 0.1) is 0 Å². The van der Waals surface area contributed by atoms with Crippen LogP contribution in [0.5, 0.6) is 0 Å². The molecular formula is C11H16FN3O3. The molecule has 1 atom stereocenters. The maximum atomic E-state index is 12.2. The first-order valence-corrected chi connectivity index (χ1v) is 5.38. The molecule has 0 aliphatic carbocycles. The van der Waals surface area contributed by atoms with E-state index in [4.69, 9.17) is 4.74 Å². The van der Waals surface area contributed by atoms with Crippen LogP contribution < -0.4 is 5.32 Å². The van der Waals surface area contributed by atoms with Gasteiger partial charge in [0, 0.05) is 18.0 Å². The van der Waals surface area contributed by atoms with Crippen molar-refractivity contribution in [3.05, 3.63) is 18.0 Å². The van der Waals surface area contributed by atoms with Gasteiger partial charge in [-0.3, -0.25) is 5.32 Å². The number of carbonyl (C=O) groups excluding carboxylic acids is 1. The van der Waals surface area contributed by atoms with Crippen molar-refractivity contribution in [2.45, 2.75) is 32.5 Å². The Bertz CT molecular complexity index is 403. The van der Waals surface area contributed by atoms with Crippen LogP contribution in [0.15, 0.2) is 12.4 Å². The van der Waals surface area contributed by atoms with Gasteiger partial charge in [0.25, 0.3) is 0 Å². The third-order valence-corrected chi connectivity index (χ3v) is 1.82. The number of carbonyl (C=O) groups is 1. The van der Waals surface area contributed by atoms with E-state index in [-0.39, 0.29) is 11.5 Å². The van der Waals surface area contributed by atoms with E-state index < -0.39 is 24.5 Å². The number of halogens is 1. The van der Waals surface area contributed by atoms with Gasteiger partial charge in [-0.1, -0.05) is 0 Å². The van der Waals surface area contributed by atoms with Crippen LogP contribution in [0.25, 0.3) is 0 Å². The van der Waals surface area contributed by atoms with Crippen molar-refractivity contribution in [2.75, 3.05) is 12.0 Å². The van der Waals surface area contributed by atoms with Crippen LogP contribution >= 0.6 is 0 Å². The summed E-state index contributed by atoms with van der Waals surface area (Å²) in [6.07, 6.45) is 0.551. The summed E-state index contributed by atoms with van der Waals surface area (Å²) in [5, 5.41) is 11.5. The number of aliphatic hydroxyl groups is 1. The average molecular weight is 257 g/mol. The van der Waals surface area contributed by atoms with E-state index in [1.165, 1.54) is 12.4 Å². The number of nitrogens with one attached hydrogen (secondary N) is 1. The number of amides is 1. The zero-order valence-corrected chi connectivity index (χ0v) is 10.5. The second-order valence-corrected chi connectivity index (χ2v) is 4.64. The minimum absolute atomic E-state index is 0.0269.